The van der Waals surface area contributed by atoms with Crippen molar-refractivity contribution in [3.63, 3.8) is 0 Å². The Hall–Kier alpha value is -4.26. The van der Waals surface area contributed by atoms with Crippen LogP contribution < -0.4 is 15.4 Å². The molecule has 0 saturated heterocycles. The first-order chi connectivity index (χ1) is 16.1. The highest BCUT2D eigenvalue weighted by Gasteiger charge is 2.45. The maximum atomic E-state index is 14.4. The number of rotatable bonds is 0. The first kappa shape index (κ1) is 21.6. The Morgan fingerprint density at radius 3 is 2.82 bits per heavy atom. The van der Waals surface area contributed by atoms with Gasteiger partial charge in [0.25, 0.3) is 5.91 Å². The van der Waals surface area contributed by atoms with E-state index in [2.05, 4.69) is 21.1 Å². The number of amidine groups is 1. The zero-order valence-electron chi connectivity index (χ0n) is 19.1. The van der Waals surface area contributed by atoms with Gasteiger partial charge in [-0.15, -0.1) is 0 Å². The molecule has 2 aliphatic heterocycles. The number of benzene rings is 1. The standard InChI is InChI=1S/C24H22FN7O2/c1-12-15-8-14(25)5-6-17(15)32-20(29-23(33)24(32,2)3)9-16-21(18(10-26)31(4)30-16)13-7-19(34-12)22(27)28-11-13/h5-8,11-12H,9H2,1-4H3,(H2,27,28)/t12-/m1/s1. The van der Waals surface area contributed by atoms with Crippen molar-refractivity contribution in [1.82, 2.24) is 14.8 Å². The summed E-state index contributed by atoms with van der Waals surface area (Å²) in [7, 11) is 1.68. The van der Waals surface area contributed by atoms with E-state index >= 15 is 0 Å². The molecule has 0 fully saturated rings. The highest BCUT2D eigenvalue weighted by atomic mass is 19.1. The van der Waals surface area contributed by atoms with Crippen LogP contribution in [0.4, 0.5) is 15.9 Å². The average Bonchev–Trinajstić information content (AvgIpc) is 3.20. The van der Waals surface area contributed by atoms with Crippen LogP contribution in [-0.2, 0) is 18.3 Å². The molecule has 0 radical (unpaired) electrons. The zero-order valence-corrected chi connectivity index (χ0v) is 19.1. The maximum Gasteiger partial charge on any atom is 0.273 e. The van der Waals surface area contributed by atoms with Crippen LogP contribution in [0.5, 0.6) is 5.75 Å². The van der Waals surface area contributed by atoms with Gasteiger partial charge in [0.05, 0.1) is 17.8 Å². The number of carbonyl (C=O) groups excluding carboxylic acids is 1. The summed E-state index contributed by atoms with van der Waals surface area (Å²) in [4.78, 5) is 23.4. The number of nitrogens with two attached hydrogens (primary N) is 1. The minimum atomic E-state index is -1.02. The van der Waals surface area contributed by atoms with Gasteiger partial charge in [0.2, 0.25) is 0 Å². The largest absolute Gasteiger partial charge is 0.482 e. The highest BCUT2D eigenvalue weighted by Crippen LogP contribution is 2.41. The molecule has 0 aliphatic carbocycles. The van der Waals surface area contributed by atoms with E-state index in [1.54, 1.807) is 51.0 Å². The number of aryl methyl sites for hydroxylation is 1. The number of aliphatic imine (C=N–C) groups is 1. The molecule has 5 rings (SSSR count). The first-order valence-electron chi connectivity index (χ1n) is 10.7. The second-order valence-electron chi connectivity index (χ2n) is 8.88. The summed E-state index contributed by atoms with van der Waals surface area (Å²) in [6, 6.07) is 8.23. The molecule has 9 nitrogen and oxygen atoms in total. The summed E-state index contributed by atoms with van der Waals surface area (Å²) in [5.74, 6) is 0.140. The van der Waals surface area contributed by atoms with Crippen molar-refractivity contribution in [1.29, 1.82) is 5.26 Å². The van der Waals surface area contributed by atoms with Crippen molar-refractivity contribution in [3.05, 3.63) is 53.2 Å². The number of nitriles is 1. The number of amides is 1. The molecule has 2 N–H and O–H groups in total. The van der Waals surface area contributed by atoms with Crippen molar-refractivity contribution in [2.24, 2.45) is 12.0 Å². The number of hydrogen-bond acceptors (Lipinski definition) is 7. The van der Waals surface area contributed by atoms with Gasteiger partial charge in [0.1, 0.15) is 35.1 Å². The number of anilines is 2. The number of fused-ring (bicyclic) bond motifs is 7. The normalized spacial score (nSPS) is 18.5. The number of pyridine rings is 1. The fourth-order valence-electron chi connectivity index (χ4n) is 4.56. The molecule has 0 spiro atoms. The van der Waals surface area contributed by atoms with Gasteiger partial charge in [-0.3, -0.25) is 9.48 Å². The van der Waals surface area contributed by atoms with Gasteiger partial charge >= 0.3 is 0 Å². The van der Waals surface area contributed by atoms with Crippen LogP contribution in [0.25, 0.3) is 11.1 Å². The summed E-state index contributed by atoms with van der Waals surface area (Å²) >= 11 is 0. The van der Waals surface area contributed by atoms with E-state index < -0.39 is 17.5 Å². The fraction of sp³-hybridized carbons (Fsp3) is 0.292. The predicted octanol–water partition coefficient (Wildman–Crippen LogP) is 3.29. The third kappa shape index (κ3) is 3.12. The second-order valence-corrected chi connectivity index (χ2v) is 8.88. The molecule has 1 atom stereocenters. The van der Waals surface area contributed by atoms with E-state index in [1.165, 1.54) is 16.8 Å². The van der Waals surface area contributed by atoms with Crippen LogP contribution in [-0.4, -0.2) is 32.0 Å². The molecule has 0 unspecified atom stereocenters. The minimum Gasteiger partial charge on any atom is -0.482 e. The van der Waals surface area contributed by atoms with E-state index in [0.29, 0.717) is 45.4 Å². The third-order valence-corrected chi connectivity index (χ3v) is 6.26. The molecule has 2 aromatic heterocycles. The van der Waals surface area contributed by atoms with Crippen LogP contribution in [0.2, 0.25) is 0 Å². The van der Waals surface area contributed by atoms with E-state index in [4.69, 9.17) is 10.5 Å². The predicted molar refractivity (Wildman–Crippen MR) is 124 cm³/mol. The van der Waals surface area contributed by atoms with Gasteiger partial charge in [-0.25, -0.2) is 9.37 Å². The maximum absolute atomic E-state index is 14.4. The SMILES string of the molecule is C[C@H]1Oc2cc(cnc2N)-c2c(nn(C)c2C#N)CC2=NC(=O)C(C)(C)N2c2ccc(F)cc21. The summed E-state index contributed by atoms with van der Waals surface area (Å²) < 4.78 is 22.0. The Morgan fingerprint density at radius 2 is 2.09 bits per heavy atom. The second kappa shape index (κ2) is 7.38. The molecule has 10 heteroatoms. The number of hydrogen-bond donors (Lipinski definition) is 1. The lowest BCUT2D eigenvalue weighted by atomic mass is 9.97. The van der Waals surface area contributed by atoms with Gasteiger partial charge in [0, 0.05) is 29.9 Å². The summed E-state index contributed by atoms with van der Waals surface area (Å²) in [5, 5.41) is 14.4. The van der Waals surface area contributed by atoms with Gasteiger partial charge in [-0.1, -0.05) is 0 Å². The van der Waals surface area contributed by atoms with Crippen molar-refractivity contribution in [2.75, 3.05) is 10.6 Å². The number of aromatic nitrogens is 3. The molecular formula is C24H22FN7O2. The van der Waals surface area contributed by atoms with Gasteiger partial charge in [-0.05, 0) is 45.0 Å². The topological polar surface area (TPSA) is 122 Å². The zero-order chi connectivity index (χ0) is 24.4. The van der Waals surface area contributed by atoms with E-state index in [0.717, 1.165) is 0 Å². The Balaban J connectivity index is 1.83. The van der Waals surface area contributed by atoms with Crippen LogP contribution in [0.3, 0.4) is 0 Å². The van der Waals surface area contributed by atoms with Gasteiger partial charge in [-0.2, -0.15) is 15.4 Å². The van der Waals surface area contributed by atoms with Gasteiger partial charge in [0.15, 0.2) is 11.6 Å². The quantitative estimate of drug-likeness (QED) is 0.547. The number of halogens is 1. The minimum absolute atomic E-state index is 0.161. The number of nitrogen functional groups attached to an aromatic ring is 1. The Labute approximate surface area is 195 Å². The van der Waals surface area contributed by atoms with Crippen LogP contribution in [0, 0.1) is 17.1 Å². The molecule has 2 aliphatic rings. The molecule has 4 heterocycles. The molecule has 1 aromatic carbocycles. The first-order valence-corrected chi connectivity index (χ1v) is 10.7. The number of carbonyl (C=O) groups is 1. The molecule has 1 amide bonds. The van der Waals surface area contributed by atoms with E-state index in [-0.39, 0.29) is 18.1 Å². The summed E-state index contributed by atoms with van der Waals surface area (Å²) in [6.45, 7) is 5.30. The average molecular weight is 459 g/mol. The molecular weight excluding hydrogens is 437 g/mol. The van der Waals surface area contributed by atoms with Crippen molar-refractivity contribution >= 4 is 23.2 Å². The molecule has 172 valence electrons. The molecule has 2 bridgehead atoms. The van der Waals surface area contributed by atoms with E-state index in [1.807, 2.05) is 0 Å². The van der Waals surface area contributed by atoms with Crippen LogP contribution in [0.1, 0.15) is 43.8 Å². The lowest BCUT2D eigenvalue weighted by molar-refractivity contribution is -0.120. The van der Waals surface area contributed by atoms with Crippen molar-refractivity contribution in [3.8, 4) is 22.9 Å². The monoisotopic (exact) mass is 459 g/mol. The smallest absolute Gasteiger partial charge is 0.273 e. The van der Waals surface area contributed by atoms with Crippen LogP contribution in [0.15, 0.2) is 35.5 Å². The van der Waals surface area contributed by atoms with Crippen LogP contribution >= 0.6 is 0 Å². The Bertz CT molecular complexity index is 1430. The summed E-state index contributed by atoms with van der Waals surface area (Å²) in [6.07, 6.45) is 1.09. The van der Waals surface area contributed by atoms with Crippen molar-refractivity contribution < 1.29 is 13.9 Å². The fourth-order valence-corrected chi connectivity index (χ4v) is 4.56. The number of nitrogens with zero attached hydrogens (tertiary/aromatic N) is 6. The Kier molecular flexibility index (Phi) is 4.68. The Morgan fingerprint density at radius 1 is 1.32 bits per heavy atom. The molecule has 34 heavy (non-hydrogen) atoms. The highest BCUT2D eigenvalue weighted by molar-refractivity contribution is 6.17. The molecule has 0 saturated carbocycles. The van der Waals surface area contributed by atoms with Gasteiger partial charge < -0.3 is 15.4 Å². The third-order valence-electron chi connectivity index (χ3n) is 6.26. The molecule has 3 aromatic rings. The lowest BCUT2D eigenvalue weighted by Gasteiger charge is -2.35. The number of ether oxygens (including phenoxy) is 1. The van der Waals surface area contributed by atoms with Crippen molar-refractivity contribution in [2.45, 2.75) is 38.8 Å². The van der Waals surface area contributed by atoms with E-state index in [9.17, 15) is 14.4 Å². The lowest BCUT2D eigenvalue weighted by Crippen LogP contribution is -2.48. The summed E-state index contributed by atoms with van der Waals surface area (Å²) in [5.41, 5.74) is 8.22.